The van der Waals surface area contributed by atoms with Gasteiger partial charge in [-0.2, -0.15) is 0 Å². The molecule has 5 nitrogen and oxygen atoms in total. The van der Waals surface area contributed by atoms with Crippen LogP contribution in [-0.2, 0) is 14.3 Å². The molecule has 12 heavy (non-hydrogen) atoms. The lowest BCUT2D eigenvalue weighted by atomic mass is 10.2. The lowest BCUT2D eigenvalue weighted by Crippen LogP contribution is -2.47. The number of methoxy groups -OCH3 is 1. The summed E-state index contributed by atoms with van der Waals surface area (Å²) in [4.78, 5) is 21.1. The van der Waals surface area contributed by atoms with Crippen molar-refractivity contribution in [2.45, 2.75) is 26.0 Å². The Kier molecular flexibility index (Phi) is 4.28. The van der Waals surface area contributed by atoms with E-state index in [0.29, 0.717) is 0 Å². The molecule has 0 aromatic rings. The van der Waals surface area contributed by atoms with Crippen LogP contribution in [0.1, 0.15) is 13.8 Å². The van der Waals surface area contributed by atoms with Crippen molar-refractivity contribution in [2.75, 3.05) is 7.11 Å². The Balaban J connectivity index is 4.22. The molecule has 0 spiro atoms. The number of carboxylic acids is 1. The minimum absolute atomic E-state index is 0.383. The van der Waals surface area contributed by atoms with Gasteiger partial charge in [0.25, 0.3) is 0 Å². The average molecular weight is 175 g/mol. The number of hydrogen-bond acceptors (Lipinski definition) is 3. The van der Waals surface area contributed by atoms with E-state index in [9.17, 15) is 9.59 Å². The van der Waals surface area contributed by atoms with Gasteiger partial charge in [-0.1, -0.05) is 0 Å². The van der Waals surface area contributed by atoms with Crippen LogP contribution in [0.25, 0.3) is 0 Å². The normalized spacial score (nSPS) is 14.9. The highest BCUT2D eigenvalue weighted by atomic mass is 16.5. The van der Waals surface area contributed by atoms with E-state index in [1.165, 1.54) is 14.0 Å². The van der Waals surface area contributed by atoms with Crippen LogP contribution in [0.5, 0.6) is 0 Å². The van der Waals surface area contributed by atoms with Gasteiger partial charge in [-0.15, -0.1) is 0 Å². The molecule has 70 valence electrons. The molecular formula is C7H13NO4. The molecule has 0 saturated heterocycles. The highest BCUT2D eigenvalue weighted by Gasteiger charge is 2.24. The zero-order chi connectivity index (χ0) is 9.72. The molecule has 0 aromatic carbocycles. The summed E-state index contributed by atoms with van der Waals surface area (Å²) in [6.45, 7) is 2.84. The summed E-state index contributed by atoms with van der Waals surface area (Å²) < 4.78 is 4.78. The van der Waals surface area contributed by atoms with Crippen molar-refractivity contribution >= 4 is 11.9 Å². The van der Waals surface area contributed by atoms with Gasteiger partial charge in [-0.25, -0.2) is 4.79 Å². The molecule has 0 bridgehead atoms. The lowest BCUT2D eigenvalue weighted by Gasteiger charge is -2.18. The van der Waals surface area contributed by atoms with E-state index in [1.54, 1.807) is 6.92 Å². The summed E-state index contributed by atoms with van der Waals surface area (Å²) in [5, 5.41) is 10.9. The van der Waals surface area contributed by atoms with Gasteiger partial charge in [-0.05, 0) is 6.92 Å². The van der Waals surface area contributed by atoms with E-state index in [2.05, 4.69) is 5.32 Å². The standard InChI is InChI=1S/C7H13NO4/c1-4(12-3)6(7(10)11)8-5(2)9/h4,6H,1-3H3,(H,8,9)(H,10,11)/t4-,6+/m1/s1. The number of carbonyl (C=O) groups excluding carboxylic acids is 1. The summed E-state index contributed by atoms with van der Waals surface area (Å²) in [6.07, 6.45) is -0.536. The maximum Gasteiger partial charge on any atom is 0.328 e. The minimum Gasteiger partial charge on any atom is -0.480 e. The third kappa shape index (κ3) is 3.34. The van der Waals surface area contributed by atoms with Crippen molar-refractivity contribution in [1.82, 2.24) is 5.32 Å². The Morgan fingerprint density at radius 3 is 2.25 bits per heavy atom. The van der Waals surface area contributed by atoms with Crippen molar-refractivity contribution in [3.8, 4) is 0 Å². The van der Waals surface area contributed by atoms with Crippen LogP contribution in [0.2, 0.25) is 0 Å². The van der Waals surface area contributed by atoms with Crippen molar-refractivity contribution in [3.63, 3.8) is 0 Å². The second kappa shape index (κ2) is 4.71. The molecule has 0 aliphatic rings. The molecule has 0 rings (SSSR count). The zero-order valence-electron chi connectivity index (χ0n) is 7.33. The first kappa shape index (κ1) is 10.9. The van der Waals surface area contributed by atoms with Crippen LogP contribution in [0.3, 0.4) is 0 Å². The van der Waals surface area contributed by atoms with Crippen molar-refractivity contribution in [2.24, 2.45) is 0 Å². The maximum absolute atomic E-state index is 10.5. The Labute approximate surface area is 70.7 Å². The SMILES string of the molecule is CO[C@H](C)[C@H](NC(C)=O)C(=O)O. The number of nitrogens with one attached hydrogen (secondary N) is 1. The maximum atomic E-state index is 10.5. The second-order valence-corrected chi connectivity index (χ2v) is 2.46. The van der Waals surface area contributed by atoms with Gasteiger partial charge >= 0.3 is 5.97 Å². The first-order valence-electron chi connectivity index (χ1n) is 3.51. The Hall–Kier alpha value is -1.10. The molecule has 0 heterocycles. The van der Waals surface area contributed by atoms with E-state index in [-0.39, 0.29) is 5.91 Å². The van der Waals surface area contributed by atoms with E-state index < -0.39 is 18.1 Å². The van der Waals surface area contributed by atoms with E-state index in [0.717, 1.165) is 0 Å². The number of aliphatic carboxylic acids is 1. The summed E-state index contributed by atoms with van der Waals surface area (Å²) in [5.74, 6) is -1.48. The molecule has 5 heteroatoms. The highest BCUT2D eigenvalue weighted by molar-refractivity contribution is 5.82. The number of rotatable bonds is 4. The van der Waals surface area contributed by atoms with Crippen LogP contribution >= 0.6 is 0 Å². The first-order chi connectivity index (χ1) is 5.49. The van der Waals surface area contributed by atoms with Crippen molar-refractivity contribution < 1.29 is 19.4 Å². The zero-order valence-corrected chi connectivity index (χ0v) is 7.33. The number of carbonyl (C=O) groups is 2. The van der Waals surface area contributed by atoms with E-state index in [4.69, 9.17) is 9.84 Å². The molecule has 0 fully saturated rings. The fourth-order valence-electron chi connectivity index (χ4n) is 0.735. The molecule has 0 aliphatic carbocycles. The van der Waals surface area contributed by atoms with Gasteiger partial charge in [0.1, 0.15) is 0 Å². The summed E-state index contributed by atoms with van der Waals surface area (Å²) >= 11 is 0. The molecule has 0 saturated carbocycles. The second-order valence-electron chi connectivity index (χ2n) is 2.46. The van der Waals surface area contributed by atoms with E-state index in [1.807, 2.05) is 0 Å². The van der Waals surface area contributed by atoms with Gasteiger partial charge in [0.2, 0.25) is 5.91 Å². The van der Waals surface area contributed by atoms with Crippen LogP contribution in [-0.4, -0.2) is 36.2 Å². The van der Waals surface area contributed by atoms with Crippen LogP contribution in [0.15, 0.2) is 0 Å². The molecule has 2 atom stereocenters. The van der Waals surface area contributed by atoms with Crippen molar-refractivity contribution in [3.05, 3.63) is 0 Å². The van der Waals surface area contributed by atoms with Gasteiger partial charge in [0.05, 0.1) is 6.10 Å². The topological polar surface area (TPSA) is 75.6 Å². The Bertz CT molecular complexity index is 180. The van der Waals surface area contributed by atoms with Gasteiger partial charge in [0.15, 0.2) is 6.04 Å². The molecule has 0 unspecified atom stereocenters. The monoisotopic (exact) mass is 175 g/mol. The fraction of sp³-hybridized carbons (Fsp3) is 0.714. The smallest absolute Gasteiger partial charge is 0.328 e. The molecule has 0 radical (unpaired) electrons. The number of ether oxygens (including phenoxy) is 1. The van der Waals surface area contributed by atoms with Gasteiger partial charge < -0.3 is 15.2 Å². The lowest BCUT2D eigenvalue weighted by molar-refractivity contribution is -0.145. The summed E-state index contributed by atoms with van der Waals surface area (Å²) in [6, 6.07) is -0.979. The quantitative estimate of drug-likeness (QED) is 0.610. The number of carboxylic acid groups (broad SMARTS) is 1. The van der Waals surface area contributed by atoms with Gasteiger partial charge in [0, 0.05) is 14.0 Å². The largest absolute Gasteiger partial charge is 0.480 e. The molecular weight excluding hydrogens is 162 g/mol. The Morgan fingerprint density at radius 1 is 1.50 bits per heavy atom. The third-order valence-electron chi connectivity index (χ3n) is 1.47. The number of hydrogen-bond donors (Lipinski definition) is 2. The number of amides is 1. The third-order valence-corrected chi connectivity index (χ3v) is 1.47. The van der Waals surface area contributed by atoms with Crippen LogP contribution in [0, 0.1) is 0 Å². The minimum atomic E-state index is -1.10. The van der Waals surface area contributed by atoms with Crippen LogP contribution in [0.4, 0.5) is 0 Å². The molecule has 1 amide bonds. The predicted octanol–water partition coefficient (Wildman–Crippen LogP) is -0.389. The van der Waals surface area contributed by atoms with E-state index >= 15 is 0 Å². The van der Waals surface area contributed by atoms with Gasteiger partial charge in [-0.3, -0.25) is 4.79 Å². The molecule has 2 N–H and O–H groups in total. The van der Waals surface area contributed by atoms with Crippen LogP contribution < -0.4 is 5.32 Å². The van der Waals surface area contributed by atoms with Crippen molar-refractivity contribution in [1.29, 1.82) is 0 Å². The molecule has 0 aliphatic heterocycles. The molecule has 0 aromatic heterocycles. The summed E-state index contributed by atoms with van der Waals surface area (Å²) in [7, 11) is 1.39. The first-order valence-corrected chi connectivity index (χ1v) is 3.51. The Morgan fingerprint density at radius 2 is 2.00 bits per heavy atom. The highest BCUT2D eigenvalue weighted by Crippen LogP contribution is 1.97. The predicted molar refractivity (Wildman–Crippen MR) is 41.7 cm³/mol. The summed E-state index contributed by atoms with van der Waals surface area (Å²) in [5.41, 5.74) is 0. The average Bonchev–Trinajstić information content (AvgIpc) is 1.98. The fourth-order valence-corrected chi connectivity index (χ4v) is 0.735.